The van der Waals surface area contributed by atoms with E-state index >= 15 is 0 Å². The van der Waals surface area contributed by atoms with E-state index in [-0.39, 0.29) is 0 Å². The minimum Gasteiger partial charge on any atom is -0.488 e. The lowest BCUT2D eigenvalue weighted by atomic mass is 10.2. The van der Waals surface area contributed by atoms with Gasteiger partial charge in [-0.25, -0.2) is 4.98 Å². The Morgan fingerprint density at radius 1 is 1.00 bits per heavy atom. The first-order valence-corrected chi connectivity index (χ1v) is 10.8. The van der Waals surface area contributed by atoms with E-state index in [0.29, 0.717) is 21.8 Å². The van der Waals surface area contributed by atoms with Crippen molar-refractivity contribution >= 4 is 45.9 Å². The minimum absolute atomic E-state index is 0.497. The fourth-order valence-corrected chi connectivity index (χ4v) is 3.92. The van der Waals surface area contributed by atoms with Crippen LogP contribution in [0.3, 0.4) is 0 Å². The molecule has 1 N–H and O–H groups in total. The lowest BCUT2D eigenvalue weighted by Crippen LogP contribution is -1.99. The summed E-state index contributed by atoms with van der Waals surface area (Å²) < 4.78 is 5.95. The van der Waals surface area contributed by atoms with E-state index in [4.69, 9.17) is 27.9 Å². The molecule has 0 bridgehead atoms. The van der Waals surface area contributed by atoms with Crippen LogP contribution in [0.5, 0.6) is 5.75 Å². The van der Waals surface area contributed by atoms with E-state index in [0.717, 1.165) is 28.1 Å². The van der Waals surface area contributed by atoms with Gasteiger partial charge in [0.15, 0.2) is 0 Å². The number of hydrogen-bond acceptors (Lipinski definition) is 5. The topological polar surface area (TPSA) is 46.5 Å². The number of halogens is 2. The van der Waals surface area contributed by atoms with Crippen molar-refractivity contribution in [2.45, 2.75) is 6.61 Å². The van der Waals surface area contributed by atoms with E-state index in [1.54, 1.807) is 18.3 Å². The van der Waals surface area contributed by atoms with E-state index < -0.39 is 0 Å². The summed E-state index contributed by atoms with van der Waals surface area (Å²) in [5.41, 5.74) is 6.55. The normalized spacial score (nSPS) is 11.0. The molecule has 4 aromatic rings. The van der Waals surface area contributed by atoms with Gasteiger partial charge in [-0.15, -0.1) is 11.3 Å². The Labute approximate surface area is 188 Å². The lowest BCUT2D eigenvalue weighted by Gasteiger charge is -2.08. The molecule has 7 heteroatoms. The molecular formula is C23H17Cl2N3OS. The molecule has 0 fully saturated rings. The Bertz CT molecular complexity index is 1160. The van der Waals surface area contributed by atoms with Crippen LogP contribution in [-0.2, 0) is 6.61 Å². The van der Waals surface area contributed by atoms with Crippen LogP contribution < -0.4 is 10.2 Å². The maximum Gasteiger partial charge on any atom is 0.203 e. The molecule has 3 aromatic carbocycles. The van der Waals surface area contributed by atoms with Crippen molar-refractivity contribution in [1.29, 1.82) is 0 Å². The first-order valence-electron chi connectivity index (χ1n) is 9.15. The number of ether oxygens (including phenoxy) is 1. The van der Waals surface area contributed by atoms with Crippen LogP contribution in [0.25, 0.3) is 11.3 Å². The Morgan fingerprint density at radius 3 is 2.63 bits per heavy atom. The molecule has 0 aliphatic heterocycles. The number of benzene rings is 3. The summed E-state index contributed by atoms with van der Waals surface area (Å²) in [5, 5.41) is 8.05. The monoisotopic (exact) mass is 453 g/mol. The van der Waals surface area contributed by atoms with E-state index in [9.17, 15) is 0 Å². The number of hydrazone groups is 1. The van der Waals surface area contributed by atoms with Crippen LogP contribution in [0.15, 0.2) is 83.3 Å². The van der Waals surface area contributed by atoms with Crippen molar-refractivity contribution in [2.24, 2.45) is 5.10 Å². The molecule has 4 rings (SSSR count). The maximum atomic E-state index is 6.27. The maximum absolute atomic E-state index is 6.27. The summed E-state index contributed by atoms with van der Waals surface area (Å²) in [4.78, 5) is 4.54. The highest BCUT2D eigenvalue weighted by Crippen LogP contribution is 2.32. The van der Waals surface area contributed by atoms with Gasteiger partial charge in [0, 0.05) is 21.5 Å². The van der Waals surface area contributed by atoms with Gasteiger partial charge >= 0.3 is 0 Å². The molecule has 4 nitrogen and oxygen atoms in total. The van der Waals surface area contributed by atoms with Gasteiger partial charge in [-0.2, -0.15) is 5.10 Å². The molecule has 0 unspecified atom stereocenters. The zero-order valence-corrected chi connectivity index (χ0v) is 18.1. The molecule has 0 radical (unpaired) electrons. The Morgan fingerprint density at radius 2 is 1.80 bits per heavy atom. The number of nitrogens with zero attached hydrogens (tertiary/aromatic N) is 2. The Balaban J connectivity index is 1.42. The highest BCUT2D eigenvalue weighted by molar-refractivity contribution is 7.14. The molecule has 1 aromatic heterocycles. The summed E-state index contributed by atoms with van der Waals surface area (Å²) in [5.74, 6) is 0.764. The van der Waals surface area contributed by atoms with Gasteiger partial charge in [-0.1, -0.05) is 65.7 Å². The van der Waals surface area contributed by atoms with Crippen molar-refractivity contribution in [3.63, 3.8) is 0 Å². The summed E-state index contributed by atoms with van der Waals surface area (Å²) in [6.45, 7) is 0.497. The Hall–Kier alpha value is -2.86. The first kappa shape index (κ1) is 20.4. The van der Waals surface area contributed by atoms with E-state index in [1.807, 2.05) is 66.0 Å². The quantitative estimate of drug-likeness (QED) is 0.238. The predicted molar refractivity (Wildman–Crippen MR) is 126 cm³/mol. The fraction of sp³-hybridized carbons (Fsp3) is 0.0435. The van der Waals surface area contributed by atoms with Gasteiger partial charge < -0.3 is 4.74 Å². The molecule has 0 atom stereocenters. The largest absolute Gasteiger partial charge is 0.488 e. The second kappa shape index (κ2) is 9.76. The highest BCUT2D eigenvalue weighted by atomic mass is 35.5. The predicted octanol–water partition coefficient (Wildman–Crippen LogP) is 7.14. The van der Waals surface area contributed by atoms with Crippen LogP contribution in [0.2, 0.25) is 10.0 Å². The van der Waals surface area contributed by atoms with Crippen LogP contribution in [-0.4, -0.2) is 11.2 Å². The van der Waals surface area contributed by atoms with Gasteiger partial charge in [-0.3, -0.25) is 5.43 Å². The average Bonchev–Trinajstić information content (AvgIpc) is 3.22. The first-order chi connectivity index (χ1) is 14.7. The zero-order chi connectivity index (χ0) is 20.8. The van der Waals surface area contributed by atoms with Crippen LogP contribution in [0, 0.1) is 0 Å². The molecular weight excluding hydrogens is 437 g/mol. The van der Waals surface area contributed by atoms with Crippen LogP contribution in [0.4, 0.5) is 5.13 Å². The minimum atomic E-state index is 0.497. The van der Waals surface area contributed by atoms with Gasteiger partial charge in [0.1, 0.15) is 12.4 Å². The van der Waals surface area contributed by atoms with Crippen molar-refractivity contribution in [3.05, 3.63) is 99.3 Å². The lowest BCUT2D eigenvalue weighted by molar-refractivity contribution is 0.306. The summed E-state index contributed by atoms with van der Waals surface area (Å²) in [7, 11) is 0. The zero-order valence-electron chi connectivity index (χ0n) is 15.8. The van der Waals surface area contributed by atoms with Gasteiger partial charge in [0.05, 0.1) is 16.9 Å². The second-order valence-electron chi connectivity index (χ2n) is 6.34. The third-order valence-corrected chi connectivity index (χ3v) is 5.53. The highest BCUT2D eigenvalue weighted by Gasteiger charge is 2.08. The molecule has 0 spiro atoms. The molecule has 30 heavy (non-hydrogen) atoms. The average molecular weight is 454 g/mol. The smallest absolute Gasteiger partial charge is 0.203 e. The molecule has 0 saturated heterocycles. The molecule has 0 aliphatic carbocycles. The van der Waals surface area contributed by atoms with E-state index in [2.05, 4.69) is 15.5 Å². The number of rotatable bonds is 7. The van der Waals surface area contributed by atoms with Crippen molar-refractivity contribution < 1.29 is 4.74 Å². The van der Waals surface area contributed by atoms with E-state index in [1.165, 1.54) is 11.3 Å². The van der Waals surface area contributed by atoms with Crippen molar-refractivity contribution in [2.75, 3.05) is 5.43 Å². The summed E-state index contributed by atoms with van der Waals surface area (Å²) in [6, 6.07) is 23.2. The summed E-state index contributed by atoms with van der Waals surface area (Å²) >= 11 is 13.7. The second-order valence-corrected chi connectivity index (χ2v) is 8.05. The van der Waals surface area contributed by atoms with Crippen LogP contribution in [0.1, 0.15) is 11.1 Å². The number of thiazole rings is 1. The number of para-hydroxylation sites is 1. The van der Waals surface area contributed by atoms with Crippen LogP contribution >= 0.6 is 34.5 Å². The molecule has 1 heterocycles. The van der Waals surface area contributed by atoms with Gasteiger partial charge in [0.2, 0.25) is 5.13 Å². The molecule has 0 amide bonds. The third-order valence-electron chi connectivity index (χ3n) is 4.23. The van der Waals surface area contributed by atoms with Gasteiger partial charge in [0.25, 0.3) is 0 Å². The number of nitrogens with one attached hydrogen (secondary N) is 1. The number of hydrogen-bond donors (Lipinski definition) is 1. The van der Waals surface area contributed by atoms with Gasteiger partial charge in [-0.05, 0) is 35.9 Å². The SMILES string of the molecule is Clc1ccc(-c2csc(N/N=C\c3ccccc3OCc3ccccc3)n2)c(Cl)c1. The molecule has 0 aliphatic rings. The molecule has 0 saturated carbocycles. The van der Waals surface area contributed by atoms with Crippen molar-refractivity contribution in [3.8, 4) is 17.0 Å². The number of aromatic nitrogens is 1. The third kappa shape index (κ3) is 5.19. The Kier molecular flexibility index (Phi) is 6.64. The van der Waals surface area contributed by atoms with Crippen molar-refractivity contribution in [1.82, 2.24) is 4.98 Å². The standard InChI is InChI=1S/C23H17Cl2N3OS/c24-18-10-11-19(20(25)12-18)21-15-30-23(27-21)28-26-13-17-8-4-5-9-22(17)29-14-16-6-2-1-3-7-16/h1-13,15H,14H2,(H,27,28)/b26-13-. The number of anilines is 1. The summed E-state index contributed by atoms with van der Waals surface area (Å²) in [6.07, 6.45) is 1.72. The molecule has 150 valence electrons. The fourth-order valence-electron chi connectivity index (χ4n) is 2.76.